The number of hydrogen-bond donors (Lipinski definition) is 2. The van der Waals surface area contributed by atoms with Gasteiger partial charge < -0.3 is 4.42 Å². The molecule has 0 spiro atoms. The zero-order chi connectivity index (χ0) is 23.3. The molecule has 0 radical (unpaired) electrons. The second kappa shape index (κ2) is 9.36. The Balaban J connectivity index is 1.73. The highest BCUT2D eigenvalue weighted by molar-refractivity contribution is 7.89. The first-order valence-electron chi connectivity index (χ1n) is 9.03. The molecule has 0 bridgehead atoms. The number of anilines is 1. The maximum Gasteiger partial charge on any atom is 0.301 e. The van der Waals surface area contributed by atoms with Gasteiger partial charge in [0, 0.05) is 6.07 Å². The molecule has 2 N–H and O–H groups in total. The van der Waals surface area contributed by atoms with E-state index in [1.165, 1.54) is 36.6 Å². The normalized spacial score (nSPS) is 11.8. The number of hydrazone groups is 1. The number of nitro groups is 2. The fourth-order valence-electron chi connectivity index (χ4n) is 2.63. The highest BCUT2D eigenvalue weighted by Crippen LogP contribution is 2.29. The van der Waals surface area contributed by atoms with Crippen molar-refractivity contribution in [1.29, 1.82) is 0 Å². The van der Waals surface area contributed by atoms with Crippen molar-refractivity contribution >= 4 is 32.8 Å². The molecule has 1 aromatic heterocycles. The van der Waals surface area contributed by atoms with E-state index >= 15 is 0 Å². The van der Waals surface area contributed by atoms with E-state index in [1.807, 2.05) is 0 Å². The van der Waals surface area contributed by atoms with Gasteiger partial charge in [-0.15, -0.1) is 0 Å². The lowest BCUT2D eigenvalue weighted by Gasteiger charge is -2.07. The average molecular weight is 459 g/mol. The number of nitro benzene ring substituents is 2. The minimum absolute atomic E-state index is 0.00943. The summed E-state index contributed by atoms with van der Waals surface area (Å²) < 4.78 is 32.3. The Morgan fingerprint density at radius 3 is 2.38 bits per heavy atom. The van der Waals surface area contributed by atoms with Crippen molar-refractivity contribution in [2.24, 2.45) is 5.10 Å². The predicted molar refractivity (Wildman–Crippen MR) is 115 cm³/mol. The largest absolute Gasteiger partial charge is 0.468 e. The van der Waals surface area contributed by atoms with Gasteiger partial charge in [-0.3, -0.25) is 25.7 Å². The summed E-state index contributed by atoms with van der Waals surface area (Å²) in [4.78, 5) is 20.6. The van der Waals surface area contributed by atoms with Gasteiger partial charge in [-0.2, -0.15) is 5.10 Å². The van der Waals surface area contributed by atoms with Gasteiger partial charge in [0.15, 0.2) is 0 Å². The number of nitrogens with zero attached hydrogens (tertiary/aromatic N) is 3. The van der Waals surface area contributed by atoms with Crippen molar-refractivity contribution in [3.63, 3.8) is 0 Å². The lowest BCUT2D eigenvalue weighted by Crippen LogP contribution is -2.23. The molecule has 0 fully saturated rings. The molecular weight excluding hydrogens is 442 g/mol. The van der Waals surface area contributed by atoms with E-state index in [9.17, 15) is 28.6 Å². The molecule has 3 aromatic rings. The van der Waals surface area contributed by atoms with Crippen LogP contribution >= 0.6 is 0 Å². The molecule has 2 aromatic carbocycles. The topological polar surface area (TPSA) is 170 Å². The molecule has 3 rings (SSSR count). The van der Waals surface area contributed by atoms with Gasteiger partial charge in [-0.1, -0.05) is 12.1 Å². The van der Waals surface area contributed by atoms with Gasteiger partial charge in [-0.05, 0) is 42.8 Å². The summed E-state index contributed by atoms with van der Waals surface area (Å²) in [5.41, 5.74) is 2.55. The van der Waals surface area contributed by atoms with Crippen LogP contribution in [0.2, 0.25) is 0 Å². The van der Waals surface area contributed by atoms with Crippen LogP contribution in [0.5, 0.6) is 0 Å². The van der Waals surface area contributed by atoms with Crippen LogP contribution in [0.1, 0.15) is 18.2 Å². The highest BCUT2D eigenvalue weighted by atomic mass is 32.2. The lowest BCUT2D eigenvalue weighted by molar-refractivity contribution is -0.393. The molecular formula is C19H17N5O7S. The van der Waals surface area contributed by atoms with Crippen molar-refractivity contribution in [1.82, 2.24) is 4.72 Å². The second-order valence-electron chi connectivity index (χ2n) is 6.45. The third-order valence-corrected chi connectivity index (χ3v) is 5.75. The van der Waals surface area contributed by atoms with Gasteiger partial charge in [0.1, 0.15) is 11.4 Å². The Labute approximate surface area is 181 Å². The fraction of sp³-hybridized carbons (Fsp3) is 0.105. The Morgan fingerprint density at radius 2 is 1.78 bits per heavy atom. The number of furan rings is 1. The summed E-state index contributed by atoms with van der Waals surface area (Å²) in [6.45, 7) is 1.62. The Kier molecular flexibility index (Phi) is 6.61. The van der Waals surface area contributed by atoms with E-state index < -0.39 is 31.2 Å². The maximum absolute atomic E-state index is 12.4. The molecule has 0 atom stereocenters. The number of hydrogen-bond acceptors (Lipinski definition) is 9. The number of non-ortho nitro benzene ring substituents is 1. The number of nitrogens with one attached hydrogen (secondary N) is 2. The van der Waals surface area contributed by atoms with Crippen molar-refractivity contribution in [2.75, 3.05) is 5.43 Å². The van der Waals surface area contributed by atoms with Crippen LogP contribution in [-0.4, -0.2) is 24.0 Å². The summed E-state index contributed by atoms with van der Waals surface area (Å²) in [6, 6.07) is 12.3. The third kappa shape index (κ3) is 5.33. The van der Waals surface area contributed by atoms with Crippen LogP contribution in [0.3, 0.4) is 0 Å². The second-order valence-corrected chi connectivity index (χ2v) is 8.22. The molecule has 0 unspecified atom stereocenters. The fourth-order valence-corrected chi connectivity index (χ4v) is 3.62. The van der Waals surface area contributed by atoms with Gasteiger partial charge in [-0.25, -0.2) is 13.1 Å². The molecule has 0 saturated carbocycles. The summed E-state index contributed by atoms with van der Waals surface area (Å²) in [7, 11) is -3.76. The van der Waals surface area contributed by atoms with Crippen LogP contribution in [0, 0.1) is 20.2 Å². The number of benzene rings is 2. The summed E-state index contributed by atoms with van der Waals surface area (Å²) in [5, 5.41) is 26.1. The van der Waals surface area contributed by atoms with Crippen LogP contribution in [-0.2, 0) is 16.6 Å². The first-order chi connectivity index (χ1) is 15.2. The van der Waals surface area contributed by atoms with Gasteiger partial charge in [0.25, 0.3) is 5.69 Å². The zero-order valence-corrected chi connectivity index (χ0v) is 17.4. The van der Waals surface area contributed by atoms with Crippen LogP contribution < -0.4 is 10.1 Å². The monoisotopic (exact) mass is 459 g/mol. The van der Waals surface area contributed by atoms with E-state index in [1.54, 1.807) is 19.1 Å². The Morgan fingerprint density at radius 1 is 1.06 bits per heavy atom. The lowest BCUT2D eigenvalue weighted by atomic mass is 10.1. The van der Waals surface area contributed by atoms with Gasteiger partial charge in [0.2, 0.25) is 10.0 Å². The average Bonchev–Trinajstić information content (AvgIpc) is 3.30. The molecule has 0 aliphatic heterocycles. The molecule has 0 amide bonds. The quantitative estimate of drug-likeness (QED) is 0.278. The third-order valence-electron chi connectivity index (χ3n) is 4.33. The first-order valence-corrected chi connectivity index (χ1v) is 10.5. The summed E-state index contributed by atoms with van der Waals surface area (Å²) in [6.07, 6.45) is 1.44. The molecule has 0 saturated heterocycles. The number of sulfonamides is 1. The van der Waals surface area contributed by atoms with Crippen LogP contribution in [0.25, 0.3) is 0 Å². The molecule has 1 heterocycles. The minimum atomic E-state index is -3.76. The van der Waals surface area contributed by atoms with E-state index in [0.717, 1.165) is 12.1 Å². The van der Waals surface area contributed by atoms with Crippen LogP contribution in [0.15, 0.2) is 75.3 Å². The molecule has 0 aliphatic rings. The Bertz CT molecular complexity index is 1270. The molecule has 32 heavy (non-hydrogen) atoms. The maximum atomic E-state index is 12.4. The van der Waals surface area contributed by atoms with E-state index in [4.69, 9.17) is 4.42 Å². The van der Waals surface area contributed by atoms with Gasteiger partial charge in [0.05, 0.1) is 39.3 Å². The van der Waals surface area contributed by atoms with Crippen molar-refractivity contribution < 1.29 is 22.7 Å². The Hall–Kier alpha value is -4.10. The predicted octanol–water partition coefficient (Wildman–Crippen LogP) is 3.41. The van der Waals surface area contributed by atoms with Crippen molar-refractivity contribution in [3.8, 4) is 0 Å². The van der Waals surface area contributed by atoms with E-state index in [0.29, 0.717) is 17.0 Å². The van der Waals surface area contributed by atoms with Crippen molar-refractivity contribution in [3.05, 3.63) is 92.4 Å². The highest BCUT2D eigenvalue weighted by Gasteiger charge is 2.19. The molecule has 166 valence electrons. The summed E-state index contributed by atoms with van der Waals surface area (Å²) >= 11 is 0. The van der Waals surface area contributed by atoms with Crippen LogP contribution in [0.4, 0.5) is 17.1 Å². The molecule has 13 heteroatoms. The molecule has 0 aliphatic carbocycles. The van der Waals surface area contributed by atoms with Crippen molar-refractivity contribution in [2.45, 2.75) is 18.4 Å². The van der Waals surface area contributed by atoms with Gasteiger partial charge >= 0.3 is 5.69 Å². The zero-order valence-electron chi connectivity index (χ0n) is 16.6. The SMILES string of the molecule is C/C(=N\Nc1ccc([N+](=O)[O-])cc1[N+](=O)[O-])c1ccc(S(=O)(=O)NCc2ccco2)cc1. The standard InChI is InChI=1S/C19H17N5O7S/c1-13(21-22-18-9-6-15(23(25)26)11-19(18)24(27)28)14-4-7-17(8-5-14)32(29,30)20-12-16-3-2-10-31-16/h2-11,20,22H,12H2,1H3/b21-13+. The minimum Gasteiger partial charge on any atom is -0.468 e. The number of rotatable bonds is 9. The van der Waals surface area contributed by atoms with E-state index in [-0.39, 0.29) is 17.1 Å². The first kappa shape index (κ1) is 22.6. The molecule has 12 nitrogen and oxygen atoms in total. The summed E-state index contributed by atoms with van der Waals surface area (Å²) in [5.74, 6) is 0.472. The van der Waals surface area contributed by atoms with E-state index in [2.05, 4.69) is 15.2 Å². The smallest absolute Gasteiger partial charge is 0.301 e.